The third-order valence-electron chi connectivity index (χ3n) is 2.23. The summed E-state index contributed by atoms with van der Waals surface area (Å²) in [5.74, 6) is -0.316. The molecule has 0 unspecified atom stereocenters. The highest BCUT2D eigenvalue weighted by Crippen LogP contribution is 2.10. The molecule has 2 aromatic rings. The van der Waals surface area contributed by atoms with Gasteiger partial charge in [0.15, 0.2) is 5.76 Å². The lowest BCUT2D eigenvalue weighted by atomic mass is 10.2. The van der Waals surface area contributed by atoms with Crippen molar-refractivity contribution < 1.29 is 14.1 Å². The van der Waals surface area contributed by atoms with Gasteiger partial charge in [0.1, 0.15) is 0 Å². The minimum absolute atomic E-state index is 0.00299. The van der Waals surface area contributed by atoms with Crippen molar-refractivity contribution in [2.24, 2.45) is 5.10 Å². The van der Waals surface area contributed by atoms with E-state index >= 15 is 0 Å². The summed E-state index contributed by atoms with van der Waals surface area (Å²) in [5, 5.41) is 14.2. The summed E-state index contributed by atoms with van der Waals surface area (Å²) in [6, 6.07) is 8.87. The molecule has 0 spiro atoms. The Kier molecular flexibility index (Phi) is 3.67. The molecule has 96 valence electrons. The summed E-state index contributed by atoms with van der Waals surface area (Å²) >= 11 is 0. The number of amides is 1. The number of hydrogen-bond acceptors (Lipinski definition) is 5. The first-order valence-electron chi connectivity index (χ1n) is 5.28. The molecule has 0 saturated heterocycles. The molecular formula is C12H9N3O4. The van der Waals surface area contributed by atoms with Crippen molar-refractivity contribution in [1.82, 2.24) is 5.43 Å². The monoisotopic (exact) mass is 259 g/mol. The van der Waals surface area contributed by atoms with Crippen LogP contribution in [0.2, 0.25) is 0 Å². The van der Waals surface area contributed by atoms with Crippen LogP contribution in [0.25, 0.3) is 0 Å². The lowest BCUT2D eigenvalue weighted by Crippen LogP contribution is -2.16. The molecule has 1 aromatic carbocycles. The first-order chi connectivity index (χ1) is 9.16. The summed E-state index contributed by atoms with van der Waals surface area (Å²) in [6.45, 7) is 0. The molecule has 0 bridgehead atoms. The molecule has 0 fully saturated rings. The highest BCUT2D eigenvalue weighted by Gasteiger charge is 2.06. The van der Waals surface area contributed by atoms with Gasteiger partial charge in [-0.1, -0.05) is 0 Å². The van der Waals surface area contributed by atoms with Gasteiger partial charge in [0.05, 0.1) is 17.4 Å². The van der Waals surface area contributed by atoms with Crippen molar-refractivity contribution >= 4 is 17.8 Å². The molecule has 0 radical (unpaired) electrons. The fraction of sp³-hybridized carbons (Fsp3) is 0. The Balaban J connectivity index is 1.95. The molecule has 19 heavy (non-hydrogen) atoms. The second kappa shape index (κ2) is 5.58. The molecular weight excluding hydrogens is 250 g/mol. The topological polar surface area (TPSA) is 97.7 Å². The number of nitrogens with zero attached hydrogens (tertiary/aromatic N) is 2. The normalized spacial score (nSPS) is 10.5. The van der Waals surface area contributed by atoms with E-state index in [1.807, 2.05) is 0 Å². The Morgan fingerprint density at radius 2 is 2.05 bits per heavy atom. The van der Waals surface area contributed by atoms with E-state index in [4.69, 9.17) is 4.42 Å². The van der Waals surface area contributed by atoms with Crippen molar-refractivity contribution in [3.8, 4) is 0 Å². The largest absolute Gasteiger partial charge is 0.459 e. The summed E-state index contributed by atoms with van der Waals surface area (Å²) in [7, 11) is 0. The zero-order valence-corrected chi connectivity index (χ0v) is 9.65. The van der Waals surface area contributed by atoms with Gasteiger partial charge in [0.2, 0.25) is 0 Å². The highest BCUT2D eigenvalue weighted by atomic mass is 16.6. The molecule has 1 N–H and O–H groups in total. The van der Waals surface area contributed by atoms with Crippen LogP contribution < -0.4 is 5.43 Å². The van der Waals surface area contributed by atoms with E-state index in [-0.39, 0.29) is 11.4 Å². The average molecular weight is 259 g/mol. The van der Waals surface area contributed by atoms with E-state index < -0.39 is 10.8 Å². The number of furan rings is 1. The summed E-state index contributed by atoms with van der Waals surface area (Å²) in [4.78, 5) is 21.4. The maximum Gasteiger partial charge on any atom is 0.307 e. The van der Waals surface area contributed by atoms with Gasteiger partial charge in [-0.25, -0.2) is 5.43 Å². The van der Waals surface area contributed by atoms with Gasteiger partial charge in [-0.15, -0.1) is 0 Å². The zero-order chi connectivity index (χ0) is 13.7. The number of benzene rings is 1. The van der Waals surface area contributed by atoms with E-state index in [2.05, 4.69) is 10.5 Å². The van der Waals surface area contributed by atoms with Gasteiger partial charge in [-0.3, -0.25) is 14.9 Å². The Morgan fingerprint density at radius 1 is 1.32 bits per heavy atom. The van der Waals surface area contributed by atoms with E-state index in [0.29, 0.717) is 5.56 Å². The Labute approximate surface area is 107 Å². The summed E-state index contributed by atoms with van der Waals surface area (Å²) in [5.41, 5.74) is 2.90. The van der Waals surface area contributed by atoms with Crippen molar-refractivity contribution in [2.45, 2.75) is 0 Å². The fourth-order valence-corrected chi connectivity index (χ4v) is 1.31. The quantitative estimate of drug-likeness (QED) is 0.515. The number of nitro benzene ring substituents is 1. The predicted octanol–water partition coefficient (Wildman–Crippen LogP) is 1.95. The lowest BCUT2D eigenvalue weighted by molar-refractivity contribution is -0.384. The van der Waals surface area contributed by atoms with Crippen molar-refractivity contribution in [3.63, 3.8) is 0 Å². The highest BCUT2D eigenvalue weighted by molar-refractivity contribution is 5.92. The molecule has 0 atom stereocenters. The van der Waals surface area contributed by atoms with Crippen molar-refractivity contribution in [3.05, 3.63) is 64.1 Å². The van der Waals surface area contributed by atoms with Crippen LogP contribution in [0.5, 0.6) is 0 Å². The van der Waals surface area contributed by atoms with Crippen molar-refractivity contribution in [2.75, 3.05) is 0 Å². The molecule has 1 heterocycles. The van der Waals surface area contributed by atoms with Crippen LogP contribution in [0.15, 0.2) is 52.2 Å². The first kappa shape index (κ1) is 12.5. The second-order valence-electron chi connectivity index (χ2n) is 3.53. The van der Waals surface area contributed by atoms with Crippen LogP contribution in [0, 0.1) is 10.1 Å². The van der Waals surface area contributed by atoms with Crippen LogP contribution in [-0.2, 0) is 0 Å². The fourth-order valence-electron chi connectivity index (χ4n) is 1.31. The van der Waals surface area contributed by atoms with Gasteiger partial charge < -0.3 is 4.42 Å². The molecule has 7 heteroatoms. The van der Waals surface area contributed by atoms with Crippen LogP contribution in [-0.4, -0.2) is 17.0 Å². The minimum Gasteiger partial charge on any atom is -0.459 e. The Hall–Kier alpha value is -2.96. The van der Waals surface area contributed by atoms with E-state index in [0.717, 1.165) is 0 Å². The average Bonchev–Trinajstić information content (AvgIpc) is 2.93. The number of nitrogens with one attached hydrogen (secondary N) is 1. The molecule has 0 aliphatic carbocycles. The van der Waals surface area contributed by atoms with Crippen LogP contribution in [0.1, 0.15) is 16.1 Å². The van der Waals surface area contributed by atoms with Crippen LogP contribution in [0.3, 0.4) is 0 Å². The predicted molar refractivity (Wildman–Crippen MR) is 66.9 cm³/mol. The van der Waals surface area contributed by atoms with Crippen LogP contribution in [0.4, 0.5) is 5.69 Å². The maximum atomic E-state index is 11.4. The van der Waals surface area contributed by atoms with Gasteiger partial charge in [0, 0.05) is 12.1 Å². The van der Waals surface area contributed by atoms with Gasteiger partial charge in [0.25, 0.3) is 5.69 Å². The minimum atomic E-state index is -0.487. The number of hydrogen-bond donors (Lipinski definition) is 1. The first-order valence-corrected chi connectivity index (χ1v) is 5.28. The Bertz CT molecular complexity index is 602. The number of rotatable bonds is 4. The van der Waals surface area contributed by atoms with Crippen LogP contribution >= 0.6 is 0 Å². The SMILES string of the molecule is O=C(N/N=C/c1ccc([N+](=O)[O-])cc1)c1ccco1. The molecule has 2 rings (SSSR count). The smallest absolute Gasteiger partial charge is 0.307 e. The standard InChI is InChI=1S/C12H9N3O4/c16-12(11-2-1-7-19-11)14-13-8-9-3-5-10(6-4-9)15(17)18/h1-8H,(H,14,16)/b13-8+. The molecule has 0 saturated carbocycles. The van der Waals surface area contributed by atoms with Crippen molar-refractivity contribution in [1.29, 1.82) is 0 Å². The Morgan fingerprint density at radius 3 is 2.63 bits per heavy atom. The number of carbonyl (C=O) groups excluding carboxylic acids is 1. The number of nitro groups is 1. The molecule has 0 aliphatic rings. The van der Waals surface area contributed by atoms with E-state index in [1.165, 1.54) is 42.8 Å². The molecule has 1 aromatic heterocycles. The molecule has 7 nitrogen and oxygen atoms in total. The second-order valence-corrected chi connectivity index (χ2v) is 3.53. The third kappa shape index (κ3) is 3.25. The van der Waals surface area contributed by atoms with Gasteiger partial charge in [-0.2, -0.15) is 5.10 Å². The molecule has 1 amide bonds. The number of hydrazone groups is 1. The lowest BCUT2D eigenvalue weighted by Gasteiger charge is -1.95. The summed E-state index contributed by atoms with van der Waals surface area (Å²) < 4.78 is 4.88. The van der Waals surface area contributed by atoms with Gasteiger partial charge in [-0.05, 0) is 29.8 Å². The molecule has 0 aliphatic heterocycles. The number of non-ortho nitro benzene ring substituents is 1. The third-order valence-corrected chi connectivity index (χ3v) is 2.23. The number of carbonyl (C=O) groups is 1. The van der Waals surface area contributed by atoms with E-state index in [1.54, 1.807) is 6.07 Å². The maximum absolute atomic E-state index is 11.4. The zero-order valence-electron chi connectivity index (χ0n) is 9.65. The van der Waals surface area contributed by atoms with Gasteiger partial charge >= 0.3 is 5.91 Å². The summed E-state index contributed by atoms with van der Waals surface area (Å²) in [6.07, 6.45) is 2.76. The van der Waals surface area contributed by atoms with E-state index in [9.17, 15) is 14.9 Å².